The van der Waals surface area contributed by atoms with Crippen LogP contribution in [0, 0.1) is 5.41 Å². The zero-order valence-corrected chi connectivity index (χ0v) is 20.9. The molecule has 1 fully saturated rings. The first-order valence-electron chi connectivity index (χ1n) is 11.6. The number of hydrogen-bond acceptors (Lipinski definition) is 7. The second-order valence-electron chi connectivity index (χ2n) is 10.3. The van der Waals surface area contributed by atoms with Crippen molar-refractivity contribution in [2.24, 2.45) is 5.41 Å². The van der Waals surface area contributed by atoms with E-state index >= 15 is 0 Å². The number of aromatic amines is 1. The molecule has 0 bridgehead atoms. The monoisotopic (exact) mass is 465 g/mol. The van der Waals surface area contributed by atoms with Gasteiger partial charge in [0.15, 0.2) is 11.4 Å². The average molecular weight is 466 g/mol. The molecule has 3 aromatic rings. The van der Waals surface area contributed by atoms with Gasteiger partial charge in [-0.15, -0.1) is 0 Å². The van der Waals surface area contributed by atoms with Gasteiger partial charge in [-0.1, -0.05) is 32.9 Å². The highest BCUT2D eigenvalue weighted by atomic mass is 16.5. The summed E-state index contributed by atoms with van der Waals surface area (Å²) < 4.78 is 4.55. The zero-order chi connectivity index (χ0) is 24.9. The lowest BCUT2D eigenvalue weighted by Gasteiger charge is -2.29. The Kier molecular flexibility index (Phi) is 7.71. The predicted molar refractivity (Wildman–Crippen MR) is 135 cm³/mol. The predicted octanol–water partition coefficient (Wildman–Crippen LogP) is 4.22. The Balaban J connectivity index is 0.000000406. The maximum Gasteiger partial charge on any atom is 0.293 e. The molecule has 0 aliphatic carbocycles. The van der Waals surface area contributed by atoms with E-state index in [4.69, 9.17) is 4.98 Å². The van der Waals surface area contributed by atoms with Crippen molar-refractivity contribution < 1.29 is 14.3 Å². The van der Waals surface area contributed by atoms with Crippen molar-refractivity contribution in [3.8, 4) is 11.3 Å². The summed E-state index contributed by atoms with van der Waals surface area (Å²) in [6.45, 7) is 15.7. The molecule has 1 aromatic carbocycles. The Morgan fingerprint density at radius 2 is 1.71 bits per heavy atom. The summed E-state index contributed by atoms with van der Waals surface area (Å²) in [5, 5.41) is 3.37. The second kappa shape index (κ2) is 10.3. The van der Waals surface area contributed by atoms with Crippen LogP contribution >= 0.6 is 0 Å². The van der Waals surface area contributed by atoms with Crippen molar-refractivity contribution in [2.45, 2.75) is 47.1 Å². The van der Waals surface area contributed by atoms with Crippen molar-refractivity contribution in [1.29, 1.82) is 0 Å². The SMILES string of the molecule is CC(C)(C)C(=O)c1c[nH]c2ncc(-c3ccc(N4CCNCC4)cc3)nc12.CC(C)(C)OC=O. The molecule has 4 rings (SSSR count). The quantitative estimate of drug-likeness (QED) is 0.439. The molecule has 3 heterocycles. The normalized spacial score (nSPS) is 14.4. The van der Waals surface area contributed by atoms with Crippen LogP contribution < -0.4 is 10.2 Å². The summed E-state index contributed by atoms with van der Waals surface area (Å²) >= 11 is 0. The average Bonchev–Trinajstić information content (AvgIpc) is 3.21. The van der Waals surface area contributed by atoms with Gasteiger partial charge in [0, 0.05) is 49.0 Å². The number of ether oxygens (including phenoxy) is 1. The molecule has 8 heteroatoms. The van der Waals surface area contributed by atoms with E-state index < -0.39 is 5.41 Å². The maximum absolute atomic E-state index is 12.7. The van der Waals surface area contributed by atoms with Crippen LogP contribution in [0.5, 0.6) is 0 Å². The van der Waals surface area contributed by atoms with Gasteiger partial charge in [0.2, 0.25) is 0 Å². The van der Waals surface area contributed by atoms with Crippen LogP contribution in [0.25, 0.3) is 22.4 Å². The van der Waals surface area contributed by atoms with Gasteiger partial charge in [0.25, 0.3) is 6.47 Å². The third kappa shape index (κ3) is 6.41. The van der Waals surface area contributed by atoms with Crippen molar-refractivity contribution in [1.82, 2.24) is 20.3 Å². The van der Waals surface area contributed by atoms with E-state index in [0.29, 0.717) is 23.2 Å². The van der Waals surface area contributed by atoms with Gasteiger partial charge in [-0.25, -0.2) is 9.97 Å². The Morgan fingerprint density at radius 1 is 1.06 bits per heavy atom. The molecule has 1 aliphatic rings. The largest absolute Gasteiger partial charge is 0.462 e. The van der Waals surface area contributed by atoms with Gasteiger partial charge in [-0.05, 0) is 32.9 Å². The standard InChI is InChI=1S/C21H25N5O.C5H10O2/c1-21(2,3)19(27)16-12-23-20-18(16)25-17(13-24-20)14-4-6-15(7-5-14)26-10-8-22-9-11-26;1-5(2,3)7-4-6/h4-7,12-13,22H,8-11H2,1-3H3,(H,23,24);4H,1-3H3. The van der Waals surface area contributed by atoms with E-state index in [0.717, 1.165) is 37.4 Å². The third-order valence-electron chi connectivity index (χ3n) is 5.35. The number of fused-ring (bicyclic) bond motifs is 1. The fourth-order valence-corrected chi connectivity index (χ4v) is 3.52. The minimum Gasteiger partial charge on any atom is -0.462 e. The van der Waals surface area contributed by atoms with Crippen LogP contribution in [0.15, 0.2) is 36.7 Å². The lowest BCUT2D eigenvalue weighted by molar-refractivity contribution is -0.138. The van der Waals surface area contributed by atoms with E-state index in [-0.39, 0.29) is 11.4 Å². The number of aromatic nitrogens is 3. The van der Waals surface area contributed by atoms with Crippen LogP contribution in [0.3, 0.4) is 0 Å². The van der Waals surface area contributed by atoms with Crippen LogP contribution in [-0.2, 0) is 9.53 Å². The molecule has 2 N–H and O–H groups in total. The summed E-state index contributed by atoms with van der Waals surface area (Å²) in [5.41, 5.74) is 4.10. The highest BCUT2D eigenvalue weighted by Crippen LogP contribution is 2.27. The van der Waals surface area contributed by atoms with E-state index in [2.05, 4.69) is 49.2 Å². The summed E-state index contributed by atoms with van der Waals surface area (Å²) in [6, 6.07) is 8.41. The van der Waals surface area contributed by atoms with Gasteiger partial charge < -0.3 is 19.9 Å². The zero-order valence-electron chi connectivity index (χ0n) is 20.9. The van der Waals surface area contributed by atoms with E-state index in [9.17, 15) is 9.59 Å². The lowest BCUT2D eigenvalue weighted by atomic mass is 9.87. The molecule has 0 spiro atoms. The molecule has 182 valence electrons. The van der Waals surface area contributed by atoms with Gasteiger partial charge in [-0.3, -0.25) is 9.59 Å². The Bertz CT molecular complexity index is 1120. The number of anilines is 1. The molecule has 34 heavy (non-hydrogen) atoms. The molecule has 0 atom stereocenters. The second-order valence-corrected chi connectivity index (χ2v) is 10.3. The minimum atomic E-state index is -0.461. The number of carbonyl (C=O) groups excluding carboxylic acids is 2. The molecule has 1 aliphatic heterocycles. The number of H-pyrrole nitrogens is 1. The topological polar surface area (TPSA) is 100 Å². The molecular weight excluding hydrogens is 430 g/mol. The van der Waals surface area contributed by atoms with Gasteiger partial charge >= 0.3 is 0 Å². The summed E-state index contributed by atoms with van der Waals surface area (Å²) in [6.07, 6.45) is 3.47. The molecule has 0 radical (unpaired) electrons. The molecular formula is C26H35N5O3. The van der Waals surface area contributed by atoms with E-state index in [1.807, 2.05) is 41.5 Å². The minimum absolute atomic E-state index is 0.0641. The summed E-state index contributed by atoms with van der Waals surface area (Å²) in [7, 11) is 0. The number of nitrogens with zero attached hydrogens (tertiary/aromatic N) is 3. The van der Waals surface area contributed by atoms with E-state index in [1.165, 1.54) is 5.69 Å². The Morgan fingerprint density at radius 3 is 2.24 bits per heavy atom. The highest BCUT2D eigenvalue weighted by molar-refractivity contribution is 6.08. The lowest BCUT2D eigenvalue weighted by Crippen LogP contribution is -2.43. The van der Waals surface area contributed by atoms with Gasteiger partial charge in [-0.2, -0.15) is 0 Å². The molecule has 0 saturated carbocycles. The van der Waals surface area contributed by atoms with Crippen molar-refractivity contribution in [2.75, 3.05) is 31.1 Å². The molecule has 1 saturated heterocycles. The Hall–Kier alpha value is -3.26. The number of ketones is 1. The molecule has 2 aromatic heterocycles. The smallest absolute Gasteiger partial charge is 0.293 e. The maximum atomic E-state index is 12.7. The van der Waals surface area contributed by atoms with Gasteiger partial charge in [0.1, 0.15) is 11.1 Å². The molecule has 8 nitrogen and oxygen atoms in total. The molecule has 0 amide bonds. The first-order valence-corrected chi connectivity index (χ1v) is 11.6. The number of hydrogen-bond donors (Lipinski definition) is 2. The number of piperazine rings is 1. The first kappa shape index (κ1) is 25.4. The third-order valence-corrected chi connectivity index (χ3v) is 5.35. The number of nitrogens with one attached hydrogen (secondary N) is 2. The van der Waals surface area contributed by atoms with Gasteiger partial charge in [0.05, 0.1) is 17.5 Å². The summed E-state index contributed by atoms with van der Waals surface area (Å²) in [5.74, 6) is 0.0641. The Labute approximate surface area is 201 Å². The first-order chi connectivity index (χ1) is 16.0. The fraction of sp³-hybridized carbons (Fsp3) is 0.462. The number of Topliss-reactive ketones (excluding diaryl/α,β-unsaturated/α-hetero) is 1. The number of carbonyl (C=O) groups is 2. The van der Waals surface area contributed by atoms with Crippen LogP contribution in [0.2, 0.25) is 0 Å². The fourth-order valence-electron chi connectivity index (χ4n) is 3.52. The highest BCUT2D eigenvalue weighted by Gasteiger charge is 2.26. The molecule has 0 unspecified atom stereocenters. The van der Waals surface area contributed by atoms with Crippen LogP contribution in [0.1, 0.15) is 51.9 Å². The van der Waals surface area contributed by atoms with Crippen molar-refractivity contribution >= 4 is 29.1 Å². The van der Waals surface area contributed by atoms with Crippen molar-refractivity contribution in [3.05, 3.63) is 42.2 Å². The van der Waals surface area contributed by atoms with Crippen LogP contribution in [-0.4, -0.2) is 59.0 Å². The van der Waals surface area contributed by atoms with Crippen LogP contribution in [0.4, 0.5) is 5.69 Å². The van der Waals surface area contributed by atoms with Crippen molar-refractivity contribution in [3.63, 3.8) is 0 Å². The number of rotatable bonds is 4. The van der Waals surface area contributed by atoms with E-state index in [1.54, 1.807) is 12.4 Å². The number of benzene rings is 1. The summed E-state index contributed by atoms with van der Waals surface area (Å²) in [4.78, 5) is 37.0.